The van der Waals surface area contributed by atoms with Gasteiger partial charge in [-0.2, -0.15) is 0 Å². The molecule has 0 heterocycles. The minimum Gasteiger partial charge on any atom is -0.301 e. The van der Waals surface area contributed by atoms with Crippen LogP contribution in [0.2, 0.25) is 0 Å². The van der Waals surface area contributed by atoms with E-state index in [0.29, 0.717) is 0 Å². The molecule has 1 heteroatoms. The molecule has 0 aromatic heterocycles. The van der Waals surface area contributed by atoms with Gasteiger partial charge in [0.1, 0.15) is 0 Å². The molecule has 1 saturated carbocycles. The summed E-state index contributed by atoms with van der Waals surface area (Å²) in [7, 11) is 1.87. The van der Waals surface area contributed by atoms with Crippen molar-refractivity contribution in [2.45, 2.75) is 32.1 Å². The molecule has 52 valence electrons. The summed E-state index contributed by atoms with van der Waals surface area (Å²) in [6.45, 7) is 0. The Morgan fingerprint density at radius 2 is 1.89 bits per heavy atom. The average molecular weight is 125 g/mol. The Labute approximate surface area is 57.2 Å². The second-order valence-electron chi connectivity index (χ2n) is 2.81. The maximum Gasteiger partial charge on any atom is 0.0273 e. The molecule has 0 bridgehead atoms. The summed E-state index contributed by atoms with van der Waals surface area (Å²) in [6, 6.07) is 0. The van der Waals surface area contributed by atoms with E-state index in [1.165, 1.54) is 32.1 Å². The maximum absolute atomic E-state index is 4.03. The highest BCUT2D eigenvalue weighted by Gasteiger charge is 2.09. The van der Waals surface area contributed by atoms with E-state index in [1.54, 1.807) is 0 Å². The van der Waals surface area contributed by atoms with Crippen LogP contribution in [0, 0.1) is 5.92 Å². The molecule has 0 radical (unpaired) electrons. The lowest BCUT2D eigenvalue weighted by Crippen LogP contribution is -2.06. The molecule has 0 atom stereocenters. The smallest absolute Gasteiger partial charge is 0.0273 e. The van der Waals surface area contributed by atoms with Crippen LogP contribution in [0.4, 0.5) is 0 Å². The van der Waals surface area contributed by atoms with E-state index < -0.39 is 0 Å². The van der Waals surface area contributed by atoms with Gasteiger partial charge in [0, 0.05) is 13.3 Å². The molecular weight excluding hydrogens is 110 g/mol. The van der Waals surface area contributed by atoms with Crippen molar-refractivity contribution in [2.75, 3.05) is 7.05 Å². The van der Waals surface area contributed by atoms with Crippen LogP contribution in [-0.4, -0.2) is 13.3 Å². The van der Waals surface area contributed by atoms with Gasteiger partial charge in [-0.15, -0.1) is 0 Å². The van der Waals surface area contributed by atoms with Crippen LogP contribution in [0.1, 0.15) is 32.1 Å². The van der Waals surface area contributed by atoms with Crippen LogP contribution in [0.3, 0.4) is 0 Å². The second kappa shape index (κ2) is 3.65. The van der Waals surface area contributed by atoms with Crippen LogP contribution in [0.15, 0.2) is 4.99 Å². The van der Waals surface area contributed by atoms with Crippen molar-refractivity contribution in [3.8, 4) is 0 Å². The van der Waals surface area contributed by atoms with Gasteiger partial charge in [0.25, 0.3) is 0 Å². The molecule has 0 aliphatic heterocycles. The number of rotatable bonds is 1. The average Bonchev–Trinajstić information content (AvgIpc) is 1.91. The normalized spacial score (nSPS) is 23.2. The summed E-state index contributed by atoms with van der Waals surface area (Å²) < 4.78 is 0. The van der Waals surface area contributed by atoms with Crippen molar-refractivity contribution in [1.29, 1.82) is 0 Å². The molecule has 0 N–H and O–H groups in total. The third kappa shape index (κ3) is 2.17. The summed E-state index contributed by atoms with van der Waals surface area (Å²) in [5.74, 6) is 0.809. The molecule has 1 nitrogen and oxygen atoms in total. The first-order valence-corrected chi connectivity index (χ1v) is 3.86. The van der Waals surface area contributed by atoms with Gasteiger partial charge in [0.15, 0.2) is 0 Å². The largest absolute Gasteiger partial charge is 0.301 e. The van der Waals surface area contributed by atoms with Crippen molar-refractivity contribution in [1.82, 2.24) is 0 Å². The fourth-order valence-electron chi connectivity index (χ4n) is 1.49. The standard InChI is InChI=1S/C8H15N/c1-9-7-8-5-3-2-4-6-8/h7-8H,2-6H2,1H3. The van der Waals surface area contributed by atoms with Gasteiger partial charge in [-0.25, -0.2) is 0 Å². The van der Waals surface area contributed by atoms with Gasteiger partial charge < -0.3 is 4.99 Å². The Morgan fingerprint density at radius 1 is 1.22 bits per heavy atom. The van der Waals surface area contributed by atoms with Gasteiger partial charge in [0.05, 0.1) is 0 Å². The zero-order valence-corrected chi connectivity index (χ0v) is 6.14. The fraction of sp³-hybridized carbons (Fsp3) is 0.875. The lowest BCUT2D eigenvalue weighted by Gasteiger charge is -2.16. The monoisotopic (exact) mass is 125 g/mol. The van der Waals surface area contributed by atoms with Crippen LogP contribution < -0.4 is 0 Å². The maximum atomic E-state index is 4.03. The number of hydrogen-bond donors (Lipinski definition) is 0. The van der Waals surface area contributed by atoms with E-state index in [9.17, 15) is 0 Å². The van der Waals surface area contributed by atoms with Crippen LogP contribution >= 0.6 is 0 Å². The molecule has 1 rings (SSSR count). The first-order chi connectivity index (χ1) is 4.43. The van der Waals surface area contributed by atoms with Gasteiger partial charge in [-0.3, -0.25) is 0 Å². The molecule has 0 saturated heterocycles. The van der Waals surface area contributed by atoms with Gasteiger partial charge in [-0.05, 0) is 18.8 Å². The van der Waals surface area contributed by atoms with Crippen LogP contribution in [-0.2, 0) is 0 Å². The number of aliphatic imine (C=N–C) groups is 1. The SMILES string of the molecule is CN=CC1CCCCC1. The lowest BCUT2D eigenvalue weighted by atomic mass is 9.90. The fourth-order valence-corrected chi connectivity index (χ4v) is 1.49. The van der Waals surface area contributed by atoms with Crippen molar-refractivity contribution < 1.29 is 0 Å². The Kier molecular flexibility index (Phi) is 2.75. The minimum atomic E-state index is 0.809. The summed E-state index contributed by atoms with van der Waals surface area (Å²) in [5, 5.41) is 0. The predicted molar refractivity (Wildman–Crippen MR) is 41.0 cm³/mol. The van der Waals surface area contributed by atoms with E-state index in [2.05, 4.69) is 11.2 Å². The Morgan fingerprint density at radius 3 is 2.44 bits per heavy atom. The quantitative estimate of drug-likeness (QED) is 0.477. The molecule has 0 aromatic carbocycles. The van der Waals surface area contributed by atoms with E-state index in [0.717, 1.165) is 5.92 Å². The Balaban J connectivity index is 2.23. The van der Waals surface area contributed by atoms with E-state index >= 15 is 0 Å². The Hall–Kier alpha value is -0.330. The summed E-state index contributed by atoms with van der Waals surface area (Å²) in [4.78, 5) is 4.03. The Bertz CT molecular complexity index is 90.7. The van der Waals surface area contributed by atoms with E-state index in [4.69, 9.17) is 0 Å². The third-order valence-corrected chi connectivity index (χ3v) is 2.01. The third-order valence-electron chi connectivity index (χ3n) is 2.01. The molecule has 1 aliphatic rings. The summed E-state index contributed by atoms with van der Waals surface area (Å²) in [5.41, 5.74) is 0. The molecule has 0 amide bonds. The molecule has 0 aromatic rings. The minimum absolute atomic E-state index is 0.809. The summed E-state index contributed by atoms with van der Waals surface area (Å²) in [6.07, 6.45) is 9.12. The van der Waals surface area contributed by atoms with E-state index in [1.807, 2.05) is 7.05 Å². The predicted octanol–water partition coefficient (Wildman–Crippen LogP) is 2.27. The second-order valence-corrected chi connectivity index (χ2v) is 2.81. The van der Waals surface area contributed by atoms with Crippen molar-refractivity contribution in [2.24, 2.45) is 10.9 Å². The molecule has 9 heavy (non-hydrogen) atoms. The lowest BCUT2D eigenvalue weighted by molar-refractivity contribution is 0.445. The molecule has 0 spiro atoms. The topological polar surface area (TPSA) is 12.4 Å². The van der Waals surface area contributed by atoms with Crippen molar-refractivity contribution >= 4 is 6.21 Å². The number of nitrogens with zero attached hydrogens (tertiary/aromatic N) is 1. The zero-order valence-electron chi connectivity index (χ0n) is 6.14. The van der Waals surface area contributed by atoms with Crippen molar-refractivity contribution in [3.63, 3.8) is 0 Å². The van der Waals surface area contributed by atoms with Crippen molar-refractivity contribution in [3.05, 3.63) is 0 Å². The van der Waals surface area contributed by atoms with Gasteiger partial charge >= 0.3 is 0 Å². The highest BCUT2D eigenvalue weighted by Crippen LogP contribution is 2.21. The van der Waals surface area contributed by atoms with E-state index in [-0.39, 0.29) is 0 Å². The molecular formula is C8H15N. The van der Waals surface area contributed by atoms with Crippen LogP contribution in [0.5, 0.6) is 0 Å². The number of hydrogen-bond acceptors (Lipinski definition) is 1. The first kappa shape index (κ1) is 6.79. The van der Waals surface area contributed by atoms with Gasteiger partial charge in [-0.1, -0.05) is 19.3 Å². The molecule has 0 unspecified atom stereocenters. The summed E-state index contributed by atoms with van der Waals surface area (Å²) >= 11 is 0. The first-order valence-electron chi connectivity index (χ1n) is 3.86. The molecule has 1 aliphatic carbocycles. The highest BCUT2D eigenvalue weighted by atomic mass is 14.6. The van der Waals surface area contributed by atoms with Gasteiger partial charge in [0.2, 0.25) is 0 Å². The molecule has 1 fully saturated rings. The van der Waals surface area contributed by atoms with Crippen LogP contribution in [0.25, 0.3) is 0 Å². The zero-order chi connectivity index (χ0) is 6.53. The highest BCUT2D eigenvalue weighted by molar-refractivity contribution is 5.60.